The Kier molecular flexibility index (Phi) is 7.13. The van der Waals surface area contributed by atoms with E-state index in [0.29, 0.717) is 36.8 Å². The molecule has 0 aromatic heterocycles. The van der Waals surface area contributed by atoms with E-state index in [1.54, 1.807) is 23.1 Å². The summed E-state index contributed by atoms with van der Waals surface area (Å²) in [6.45, 7) is 5.84. The minimum Gasteiger partial charge on any atom is -0.507 e. The predicted octanol–water partition coefficient (Wildman–Crippen LogP) is 4.11. The molecule has 0 radical (unpaired) electrons. The van der Waals surface area contributed by atoms with Gasteiger partial charge in [-0.05, 0) is 68.2 Å². The molecule has 2 aromatic carbocycles. The van der Waals surface area contributed by atoms with Crippen LogP contribution in [0.4, 0.5) is 0 Å². The average molecular weight is 493 g/mol. The summed E-state index contributed by atoms with van der Waals surface area (Å²) in [6.07, 6.45) is 4.41. The van der Waals surface area contributed by atoms with Crippen molar-refractivity contribution in [1.82, 2.24) is 9.80 Å². The summed E-state index contributed by atoms with van der Waals surface area (Å²) >= 11 is 0. The van der Waals surface area contributed by atoms with Crippen LogP contribution in [0.5, 0.6) is 17.2 Å². The van der Waals surface area contributed by atoms with E-state index in [-0.39, 0.29) is 18.1 Å². The van der Waals surface area contributed by atoms with Crippen molar-refractivity contribution < 1.29 is 28.9 Å². The third-order valence-corrected chi connectivity index (χ3v) is 6.96. The van der Waals surface area contributed by atoms with Gasteiger partial charge in [0.2, 0.25) is 6.79 Å². The van der Waals surface area contributed by atoms with Crippen LogP contribution in [0.1, 0.15) is 49.8 Å². The lowest BCUT2D eigenvalue weighted by molar-refractivity contribution is -0.140. The molecule has 5 rings (SSSR count). The number of fused-ring (bicyclic) bond motifs is 1. The van der Waals surface area contributed by atoms with E-state index >= 15 is 0 Å². The Balaban J connectivity index is 1.50. The molecule has 0 spiro atoms. The van der Waals surface area contributed by atoms with Crippen LogP contribution >= 0.6 is 0 Å². The number of ketones is 1. The summed E-state index contributed by atoms with van der Waals surface area (Å²) in [4.78, 5) is 30.5. The molecule has 8 nitrogen and oxygen atoms in total. The number of aliphatic hydroxyl groups excluding tert-OH is 1. The van der Waals surface area contributed by atoms with Gasteiger partial charge in [0, 0.05) is 18.7 Å². The van der Waals surface area contributed by atoms with Crippen LogP contribution in [-0.2, 0) is 9.59 Å². The third kappa shape index (κ3) is 4.78. The number of benzene rings is 2. The highest BCUT2D eigenvalue weighted by Crippen LogP contribution is 2.41. The van der Waals surface area contributed by atoms with Crippen molar-refractivity contribution in [2.24, 2.45) is 0 Å². The normalized spacial score (nSPS) is 21.2. The molecule has 8 heteroatoms. The molecule has 3 aliphatic rings. The number of Topliss-reactive ketones (excluding diaryl/α,β-unsaturated/α-hetero) is 1. The zero-order valence-corrected chi connectivity index (χ0v) is 20.6. The summed E-state index contributed by atoms with van der Waals surface area (Å²) in [5, 5.41) is 11.3. The molecule has 1 N–H and O–H groups in total. The first-order valence-corrected chi connectivity index (χ1v) is 12.7. The molecule has 190 valence electrons. The molecule has 2 saturated heterocycles. The van der Waals surface area contributed by atoms with Crippen molar-refractivity contribution in [2.75, 3.05) is 39.6 Å². The molecule has 2 aromatic rings. The highest BCUT2D eigenvalue weighted by molar-refractivity contribution is 6.46. The number of piperidine rings is 1. The molecular weight excluding hydrogens is 460 g/mol. The van der Waals surface area contributed by atoms with Crippen molar-refractivity contribution >= 4 is 17.4 Å². The largest absolute Gasteiger partial charge is 0.507 e. The van der Waals surface area contributed by atoms with Gasteiger partial charge >= 0.3 is 0 Å². The maximum Gasteiger partial charge on any atom is 0.295 e. The summed E-state index contributed by atoms with van der Waals surface area (Å²) in [5.41, 5.74) is 1.24. The van der Waals surface area contributed by atoms with Crippen molar-refractivity contribution in [2.45, 2.75) is 38.6 Å². The van der Waals surface area contributed by atoms with Gasteiger partial charge in [-0.1, -0.05) is 25.5 Å². The van der Waals surface area contributed by atoms with Crippen LogP contribution in [-0.4, -0.2) is 66.2 Å². The predicted molar refractivity (Wildman–Crippen MR) is 134 cm³/mol. The fourth-order valence-corrected chi connectivity index (χ4v) is 5.05. The quantitative estimate of drug-likeness (QED) is 0.337. The Labute approximate surface area is 211 Å². The van der Waals surface area contributed by atoms with Crippen LogP contribution in [0.3, 0.4) is 0 Å². The van der Waals surface area contributed by atoms with Crippen LogP contribution < -0.4 is 14.2 Å². The molecule has 0 aliphatic carbocycles. The summed E-state index contributed by atoms with van der Waals surface area (Å²) < 4.78 is 16.5. The first kappa shape index (κ1) is 24.2. The Morgan fingerprint density at radius 3 is 2.50 bits per heavy atom. The Morgan fingerprint density at radius 2 is 1.75 bits per heavy atom. The van der Waals surface area contributed by atoms with Gasteiger partial charge in [-0.2, -0.15) is 0 Å². The van der Waals surface area contributed by atoms with Gasteiger partial charge in [0.25, 0.3) is 11.7 Å². The van der Waals surface area contributed by atoms with Crippen molar-refractivity contribution in [3.05, 3.63) is 59.2 Å². The maximum atomic E-state index is 13.3. The standard InChI is InChI=1S/C28H32N2O6/c1-2-16-34-21-9-6-19(7-10-21)25-24(26(31)20-8-11-22-23(17-20)36-18-35-22)27(32)28(33)30(25)15-14-29-12-4-3-5-13-29/h6-11,17,25,31H,2-5,12-16,18H2,1H3/b26-24+. The zero-order chi connectivity index (χ0) is 25.1. The van der Waals surface area contributed by atoms with Gasteiger partial charge in [0.15, 0.2) is 11.5 Å². The Hall–Kier alpha value is -3.52. The first-order valence-electron chi connectivity index (χ1n) is 12.7. The van der Waals surface area contributed by atoms with Gasteiger partial charge in [-0.15, -0.1) is 0 Å². The number of hydrogen-bond acceptors (Lipinski definition) is 7. The van der Waals surface area contributed by atoms with Gasteiger partial charge < -0.3 is 29.1 Å². The molecular formula is C28H32N2O6. The number of amides is 1. The Morgan fingerprint density at radius 1 is 1.00 bits per heavy atom. The van der Waals surface area contributed by atoms with E-state index in [1.165, 1.54) is 6.42 Å². The lowest BCUT2D eigenvalue weighted by Crippen LogP contribution is -2.39. The summed E-state index contributed by atoms with van der Waals surface area (Å²) in [6, 6.07) is 11.7. The zero-order valence-electron chi connectivity index (χ0n) is 20.6. The van der Waals surface area contributed by atoms with Gasteiger partial charge in [0.05, 0.1) is 18.2 Å². The number of aliphatic hydroxyl groups is 1. The van der Waals surface area contributed by atoms with Crippen LogP contribution in [0, 0.1) is 0 Å². The highest BCUT2D eigenvalue weighted by atomic mass is 16.7. The van der Waals surface area contributed by atoms with Gasteiger partial charge in [0.1, 0.15) is 11.5 Å². The summed E-state index contributed by atoms with van der Waals surface area (Å²) in [7, 11) is 0. The number of ether oxygens (including phenoxy) is 3. The number of hydrogen-bond donors (Lipinski definition) is 1. The molecule has 36 heavy (non-hydrogen) atoms. The van der Waals surface area contributed by atoms with E-state index in [2.05, 4.69) is 4.90 Å². The van der Waals surface area contributed by atoms with Crippen molar-refractivity contribution in [1.29, 1.82) is 0 Å². The van der Waals surface area contributed by atoms with Crippen LogP contribution in [0.25, 0.3) is 5.76 Å². The lowest BCUT2D eigenvalue weighted by Gasteiger charge is -2.31. The van der Waals surface area contributed by atoms with Crippen LogP contribution in [0.15, 0.2) is 48.0 Å². The molecule has 3 heterocycles. The fourth-order valence-electron chi connectivity index (χ4n) is 5.05. The third-order valence-electron chi connectivity index (χ3n) is 6.96. The average Bonchev–Trinajstić information content (AvgIpc) is 3.48. The minimum absolute atomic E-state index is 0.0831. The molecule has 1 unspecified atom stereocenters. The molecule has 0 bridgehead atoms. The van der Waals surface area contributed by atoms with E-state index < -0.39 is 17.7 Å². The Bertz CT molecular complexity index is 1150. The van der Waals surface area contributed by atoms with E-state index in [9.17, 15) is 14.7 Å². The maximum absolute atomic E-state index is 13.3. The summed E-state index contributed by atoms with van der Waals surface area (Å²) in [5.74, 6) is 0.302. The van der Waals surface area contributed by atoms with E-state index in [4.69, 9.17) is 14.2 Å². The van der Waals surface area contributed by atoms with Crippen molar-refractivity contribution in [3.63, 3.8) is 0 Å². The number of likely N-dealkylation sites (tertiary alicyclic amines) is 2. The second kappa shape index (κ2) is 10.6. The molecule has 3 aliphatic heterocycles. The second-order valence-corrected chi connectivity index (χ2v) is 9.38. The molecule has 1 amide bonds. The fraction of sp³-hybridized carbons (Fsp3) is 0.429. The topological polar surface area (TPSA) is 88.5 Å². The molecule has 0 saturated carbocycles. The molecule has 2 fully saturated rings. The number of nitrogens with zero attached hydrogens (tertiary/aromatic N) is 2. The SMILES string of the molecule is CCCOc1ccc(C2/C(=C(\O)c3ccc4c(c3)OCO4)C(=O)C(=O)N2CCN2CCCCC2)cc1. The number of rotatable bonds is 8. The highest BCUT2D eigenvalue weighted by Gasteiger charge is 2.46. The number of carbonyl (C=O) groups excluding carboxylic acids is 2. The lowest BCUT2D eigenvalue weighted by atomic mass is 9.95. The number of carbonyl (C=O) groups is 2. The van der Waals surface area contributed by atoms with Gasteiger partial charge in [-0.25, -0.2) is 0 Å². The van der Waals surface area contributed by atoms with Gasteiger partial charge in [-0.3, -0.25) is 9.59 Å². The van der Waals surface area contributed by atoms with Crippen LogP contribution in [0.2, 0.25) is 0 Å². The second-order valence-electron chi connectivity index (χ2n) is 9.38. The van der Waals surface area contributed by atoms with E-state index in [1.807, 2.05) is 31.2 Å². The first-order chi connectivity index (χ1) is 17.6. The van der Waals surface area contributed by atoms with Crippen molar-refractivity contribution in [3.8, 4) is 17.2 Å². The monoisotopic (exact) mass is 492 g/mol. The smallest absolute Gasteiger partial charge is 0.295 e. The molecule has 1 atom stereocenters. The van der Waals surface area contributed by atoms with E-state index in [0.717, 1.165) is 43.7 Å². The minimum atomic E-state index is -0.694.